The molecule has 2 amide bonds. The number of amides is 2. The summed E-state index contributed by atoms with van der Waals surface area (Å²) in [6.07, 6.45) is 5.00. The number of nitrogens with zero attached hydrogens (tertiary/aromatic N) is 2. The summed E-state index contributed by atoms with van der Waals surface area (Å²) in [6.45, 7) is 4.92. The second-order valence-corrected chi connectivity index (χ2v) is 12.2. The molecule has 0 aromatic heterocycles. The maximum atomic E-state index is 13.7. The van der Waals surface area contributed by atoms with Crippen molar-refractivity contribution in [1.82, 2.24) is 10.2 Å². The Labute approximate surface area is 223 Å². The van der Waals surface area contributed by atoms with Gasteiger partial charge in [0.15, 0.2) is 0 Å². The van der Waals surface area contributed by atoms with E-state index < -0.39 is 28.5 Å². The third-order valence-electron chi connectivity index (χ3n) is 6.75. The summed E-state index contributed by atoms with van der Waals surface area (Å²) in [6, 6.07) is 9.48. The third-order valence-corrected chi connectivity index (χ3v) is 8.46. The van der Waals surface area contributed by atoms with Gasteiger partial charge in [0.05, 0.1) is 11.9 Å². The molecule has 2 aromatic carbocycles. The van der Waals surface area contributed by atoms with Crippen molar-refractivity contribution < 1.29 is 18.0 Å². The van der Waals surface area contributed by atoms with Crippen LogP contribution < -0.4 is 9.62 Å². The first-order valence-electron chi connectivity index (χ1n) is 12.0. The average molecular weight is 555 g/mol. The Kier molecular flexibility index (Phi) is 9.30. The molecule has 0 radical (unpaired) electrons. The number of sulfonamides is 1. The number of hydrogen-bond acceptors (Lipinski definition) is 4. The number of nitrogens with one attached hydrogen (secondary N) is 1. The Morgan fingerprint density at radius 1 is 1.11 bits per heavy atom. The normalized spacial score (nSPS) is 14.9. The van der Waals surface area contributed by atoms with E-state index in [0.29, 0.717) is 21.3 Å². The summed E-state index contributed by atoms with van der Waals surface area (Å²) in [7, 11) is -3.80. The molecule has 1 unspecified atom stereocenters. The molecule has 0 aliphatic heterocycles. The van der Waals surface area contributed by atoms with Crippen LogP contribution in [0.3, 0.4) is 0 Å². The fourth-order valence-corrected chi connectivity index (χ4v) is 5.78. The SMILES string of the molecule is Cc1cccc(N(CC(=O)N(Cc2ccc(Cl)cc2Cl)C(C)C(=O)NC2CCCC2)S(C)(=O)=O)c1C. The molecule has 1 aliphatic carbocycles. The molecule has 1 fully saturated rings. The average Bonchev–Trinajstić information content (AvgIpc) is 3.31. The van der Waals surface area contributed by atoms with Crippen molar-refractivity contribution in [3.63, 3.8) is 0 Å². The monoisotopic (exact) mass is 553 g/mol. The maximum Gasteiger partial charge on any atom is 0.244 e. The van der Waals surface area contributed by atoms with Crippen LogP contribution in [0.5, 0.6) is 0 Å². The quantitative estimate of drug-likeness (QED) is 0.480. The van der Waals surface area contributed by atoms with Gasteiger partial charge in [-0.2, -0.15) is 0 Å². The maximum absolute atomic E-state index is 13.7. The molecule has 1 atom stereocenters. The van der Waals surface area contributed by atoms with E-state index in [4.69, 9.17) is 23.2 Å². The number of anilines is 1. The minimum absolute atomic E-state index is 0.0263. The molecule has 0 bridgehead atoms. The summed E-state index contributed by atoms with van der Waals surface area (Å²) in [5.41, 5.74) is 2.70. The highest BCUT2D eigenvalue weighted by Crippen LogP contribution is 2.27. The molecule has 0 heterocycles. The molecule has 196 valence electrons. The van der Waals surface area contributed by atoms with Gasteiger partial charge < -0.3 is 10.2 Å². The molecule has 10 heteroatoms. The summed E-state index contributed by atoms with van der Waals surface area (Å²) >= 11 is 12.4. The lowest BCUT2D eigenvalue weighted by atomic mass is 10.1. The van der Waals surface area contributed by atoms with Gasteiger partial charge in [-0.1, -0.05) is 54.2 Å². The van der Waals surface area contributed by atoms with Crippen LogP contribution in [0, 0.1) is 13.8 Å². The second kappa shape index (κ2) is 11.8. The lowest BCUT2D eigenvalue weighted by Crippen LogP contribution is -2.52. The van der Waals surface area contributed by atoms with Gasteiger partial charge in [0.1, 0.15) is 12.6 Å². The first kappa shape index (κ1) is 28.3. The third kappa shape index (κ3) is 6.93. The second-order valence-electron chi connectivity index (χ2n) is 9.41. The number of aryl methyl sites for hydroxylation is 1. The Balaban J connectivity index is 1.94. The lowest BCUT2D eigenvalue weighted by Gasteiger charge is -2.32. The zero-order valence-electron chi connectivity index (χ0n) is 21.1. The topological polar surface area (TPSA) is 86.8 Å². The zero-order valence-corrected chi connectivity index (χ0v) is 23.4. The van der Waals surface area contributed by atoms with E-state index in [9.17, 15) is 18.0 Å². The van der Waals surface area contributed by atoms with Gasteiger partial charge in [-0.3, -0.25) is 13.9 Å². The highest BCUT2D eigenvalue weighted by molar-refractivity contribution is 7.92. The van der Waals surface area contributed by atoms with E-state index in [-0.39, 0.29) is 18.5 Å². The predicted octanol–water partition coefficient (Wildman–Crippen LogP) is 4.85. The highest BCUT2D eigenvalue weighted by atomic mass is 35.5. The van der Waals surface area contributed by atoms with Crippen LogP contribution in [0.15, 0.2) is 36.4 Å². The molecule has 36 heavy (non-hydrogen) atoms. The Bertz CT molecular complexity index is 1230. The summed E-state index contributed by atoms with van der Waals surface area (Å²) in [5, 5.41) is 3.85. The van der Waals surface area contributed by atoms with Crippen molar-refractivity contribution in [2.45, 2.75) is 65.1 Å². The van der Waals surface area contributed by atoms with E-state index in [2.05, 4.69) is 5.32 Å². The number of halogens is 2. The fraction of sp³-hybridized carbons (Fsp3) is 0.462. The fourth-order valence-electron chi connectivity index (χ4n) is 4.41. The molecular weight excluding hydrogens is 521 g/mol. The standard InChI is InChI=1S/C26H33Cl2N3O4S/c1-17-8-7-11-24(18(17)2)31(36(4,34)35)16-25(32)30(15-20-12-13-21(27)14-23(20)28)19(3)26(33)29-22-9-5-6-10-22/h7-8,11-14,19,22H,5-6,9-10,15-16H2,1-4H3,(H,29,33). The van der Waals surface area contributed by atoms with Crippen molar-refractivity contribution in [3.05, 3.63) is 63.1 Å². The number of hydrogen-bond donors (Lipinski definition) is 1. The van der Waals surface area contributed by atoms with Crippen LogP contribution in [0.25, 0.3) is 0 Å². The van der Waals surface area contributed by atoms with E-state index in [1.54, 1.807) is 37.3 Å². The molecule has 3 rings (SSSR count). The van der Waals surface area contributed by atoms with E-state index in [0.717, 1.165) is 47.4 Å². The molecule has 2 aromatic rings. The van der Waals surface area contributed by atoms with Crippen LogP contribution in [0.1, 0.15) is 49.3 Å². The van der Waals surface area contributed by atoms with Crippen molar-refractivity contribution in [3.8, 4) is 0 Å². The van der Waals surface area contributed by atoms with Gasteiger partial charge in [-0.25, -0.2) is 8.42 Å². The molecule has 0 spiro atoms. The summed E-state index contributed by atoms with van der Waals surface area (Å²) in [5.74, 6) is -0.792. The van der Waals surface area contributed by atoms with Crippen molar-refractivity contribution in [2.24, 2.45) is 0 Å². The lowest BCUT2D eigenvalue weighted by molar-refractivity contribution is -0.139. The minimum atomic E-state index is -3.80. The Hall–Kier alpha value is -2.29. The highest BCUT2D eigenvalue weighted by Gasteiger charge is 2.32. The van der Waals surface area contributed by atoms with Crippen LogP contribution in [0.4, 0.5) is 5.69 Å². The van der Waals surface area contributed by atoms with Crippen LogP contribution >= 0.6 is 23.2 Å². The Morgan fingerprint density at radius 2 is 1.78 bits per heavy atom. The van der Waals surface area contributed by atoms with Crippen LogP contribution in [-0.4, -0.2) is 50.0 Å². The first-order valence-corrected chi connectivity index (χ1v) is 14.6. The number of carbonyl (C=O) groups excluding carboxylic acids is 2. The number of benzene rings is 2. The number of carbonyl (C=O) groups is 2. The molecule has 1 saturated carbocycles. The van der Waals surface area contributed by atoms with E-state index >= 15 is 0 Å². The summed E-state index contributed by atoms with van der Waals surface area (Å²) < 4.78 is 26.6. The van der Waals surface area contributed by atoms with E-state index in [1.807, 2.05) is 19.9 Å². The largest absolute Gasteiger partial charge is 0.352 e. The van der Waals surface area contributed by atoms with Gasteiger partial charge in [0.25, 0.3) is 0 Å². The van der Waals surface area contributed by atoms with Crippen molar-refractivity contribution in [2.75, 3.05) is 17.1 Å². The summed E-state index contributed by atoms with van der Waals surface area (Å²) in [4.78, 5) is 28.2. The first-order chi connectivity index (χ1) is 16.9. The van der Waals surface area contributed by atoms with Gasteiger partial charge in [0, 0.05) is 22.6 Å². The van der Waals surface area contributed by atoms with Crippen LogP contribution in [0.2, 0.25) is 10.0 Å². The molecule has 1 N–H and O–H groups in total. The van der Waals surface area contributed by atoms with Gasteiger partial charge in [-0.05, 0) is 68.5 Å². The molecule has 0 saturated heterocycles. The van der Waals surface area contributed by atoms with Gasteiger partial charge >= 0.3 is 0 Å². The Morgan fingerprint density at radius 3 is 2.39 bits per heavy atom. The molecule has 7 nitrogen and oxygen atoms in total. The minimum Gasteiger partial charge on any atom is -0.352 e. The van der Waals surface area contributed by atoms with Crippen LogP contribution in [-0.2, 0) is 26.2 Å². The van der Waals surface area contributed by atoms with Crippen molar-refractivity contribution in [1.29, 1.82) is 0 Å². The zero-order chi connectivity index (χ0) is 26.6. The van der Waals surface area contributed by atoms with Crippen molar-refractivity contribution >= 4 is 50.7 Å². The van der Waals surface area contributed by atoms with E-state index in [1.165, 1.54) is 4.90 Å². The van der Waals surface area contributed by atoms with Gasteiger partial charge in [-0.15, -0.1) is 0 Å². The predicted molar refractivity (Wildman–Crippen MR) is 145 cm³/mol. The molecular formula is C26H33Cl2N3O4S. The van der Waals surface area contributed by atoms with Gasteiger partial charge in [0.2, 0.25) is 21.8 Å². The number of rotatable bonds is 9. The smallest absolute Gasteiger partial charge is 0.244 e. The molecule has 1 aliphatic rings.